The lowest BCUT2D eigenvalue weighted by atomic mass is 10.1. The summed E-state index contributed by atoms with van der Waals surface area (Å²) < 4.78 is 34.3. The molecule has 10 heteroatoms. The molecule has 0 N–H and O–H groups in total. The molecule has 32 heavy (non-hydrogen) atoms. The van der Waals surface area contributed by atoms with Gasteiger partial charge in [0.1, 0.15) is 12.4 Å². The summed E-state index contributed by atoms with van der Waals surface area (Å²) in [7, 11) is -1.94. The maximum Gasteiger partial charge on any atom is 0.338 e. The first kappa shape index (κ1) is 23.4. The van der Waals surface area contributed by atoms with Crippen molar-refractivity contribution in [2.24, 2.45) is 0 Å². The molecule has 0 aliphatic rings. The van der Waals surface area contributed by atoms with Gasteiger partial charge in [-0.15, -0.1) is 11.3 Å². The number of methoxy groups -OCH3 is 1. The zero-order valence-corrected chi connectivity index (χ0v) is 19.6. The van der Waals surface area contributed by atoms with E-state index in [0.717, 1.165) is 6.26 Å². The molecule has 1 heterocycles. The molecule has 0 bridgehead atoms. The number of carbonyl (C=O) groups is 2. The number of hydrogen-bond acceptors (Lipinski definition) is 8. The van der Waals surface area contributed by atoms with E-state index in [2.05, 4.69) is 4.98 Å². The van der Waals surface area contributed by atoms with E-state index in [-0.39, 0.29) is 23.0 Å². The number of anilines is 2. The van der Waals surface area contributed by atoms with Crippen molar-refractivity contribution in [3.05, 3.63) is 64.7 Å². The normalized spacial score (nSPS) is 11.1. The van der Waals surface area contributed by atoms with E-state index in [1.165, 1.54) is 42.4 Å². The van der Waals surface area contributed by atoms with Crippen molar-refractivity contribution in [1.29, 1.82) is 0 Å². The van der Waals surface area contributed by atoms with E-state index in [1.807, 2.05) is 0 Å². The van der Waals surface area contributed by atoms with Crippen molar-refractivity contribution >= 4 is 43.9 Å². The molecule has 3 aromatic rings. The topological polar surface area (TPSA) is 103 Å². The van der Waals surface area contributed by atoms with Gasteiger partial charge in [0.15, 0.2) is 15.0 Å². The monoisotopic (exact) mass is 474 g/mol. The predicted octanol–water partition coefficient (Wildman–Crippen LogP) is 3.91. The summed E-state index contributed by atoms with van der Waals surface area (Å²) in [5.74, 6) is -0.386. The van der Waals surface area contributed by atoms with Crippen molar-refractivity contribution in [3.8, 4) is 5.75 Å². The van der Waals surface area contributed by atoms with Gasteiger partial charge in [0.25, 0.3) is 0 Å². The summed E-state index contributed by atoms with van der Waals surface area (Å²) in [6.45, 7) is 2.99. The van der Waals surface area contributed by atoms with Gasteiger partial charge in [0.05, 0.1) is 29.0 Å². The van der Waals surface area contributed by atoms with E-state index in [4.69, 9.17) is 9.47 Å². The Balaban J connectivity index is 1.79. The minimum Gasteiger partial charge on any atom is -0.495 e. The number of rotatable bonds is 7. The van der Waals surface area contributed by atoms with Crippen LogP contribution in [0.1, 0.15) is 28.5 Å². The van der Waals surface area contributed by atoms with Crippen molar-refractivity contribution < 1.29 is 27.5 Å². The number of aryl methyl sites for hydroxylation is 1. The van der Waals surface area contributed by atoms with E-state index in [0.29, 0.717) is 27.8 Å². The average Bonchev–Trinajstić information content (AvgIpc) is 3.20. The highest BCUT2D eigenvalue weighted by atomic mass is 32.2. The van der Waals surface area contributed by atoms with Crippen LogP contribution < -0.4 is 9.64 Å². The molecule has 0 fully saturated rings. The van der Waals surface area contributed by atoms with Crippen LogP contribution in [-0.4, -0.2) is 38.6 Å². The lowest BCUT2D eigenvalue weighted by Gasteiger charge is -2.20. The van der Waals surface area contributed by atoms with Crippen LogP contribution in [0.4, 0.5) is 10.8 Å². The molecule has 0 spiro atoms. The van der Waals surface area contributed by atoms with Crippen LogP contribution in [0.2, 0.25) is 0 Å². The fourth-order valence-electron chi connectivity index (χ4n) is 2.96. The highest BCUT2D eigenvalue weighted by Crippen LogP contribution is 2.35. The van der Waals surface area contributed by atoms with Gasteiger partial charge in [-0.1, -0.05) is 18.2 Å². The lowest BCUT2D eigenvalue weighted by Crippen LogP contribution is -2.23. The Morgan fingerprint density at radius 1 is 1.16 bits per heavy atom. The molecule has 0 atom stereocenters. The summed E-state index contributed by atoms with van der Waals surface area (Å²) in [4.78, 5) is 30.8. The third-order valence-electron chi connectivity index (χ3n) is 4.58. The predicted molar refractivity (Wildman–Crippen MR) is 121 cm³/mol. The molecule has 0 unspecified atom stereocenters. The van der Waals surface area contributed by atoms with Gasteiger partial charge in [-0.3, -0.25) is 9.69 Å². The lowest BCUT2D eigenvalue weighted by molar-refractivity contribution is -0.115. The number of benzene rings is 2. The minimum atomic E-state index is -3.46. The Kier molecular flexibility index (Phi) is 6.95. The van der Waals surface area contributed by atoms with Gasteiger partial charge < -0.3 is 9.47 Å². The second kappa shape index (κ2) is 9.49. The molecule has 2 aromatic carbocycles. The molecule has 0 aliphatic heterocycles. The molecule has 1 aromatic heterocycles. The van der Waals surface area contributed by atoms with Crippen molar-refractivity contribution in [1.82, 2.24) is 4.98 Å². The zero-order valence-electron chi connectivity index (χ0n) is 18.0. The summed E-state index contributed by atoms with van der Waals surface area (Å²) in [6.07, 6.45) is 1.08. The largest absolute Gasteiger partial charge is 0.495 e. The highest BCUT2D eigenvalue weighted by Gasteiger charge is 2.22. The average molecular weight is 475 g/mol. The highest BCUT2D eigenvalue weighted by molar-refractivity contribution is 7.90. The van der Waals surface area contributed by atoms with Crippen LogP contribution in [0, 0.1) is 6.92 Å². The van der Waals surface area contributed by atoms with E-state index in [9.17, 15) is 18.0 Å². The Labute approximate surface area is 190 Å². The van der Waals surface area contributed by atoms with Gasteiger partial charge in [0.2, 0.25) is 5.91 Å². The van der Waals surface area contributed by atoms with Crippen molar-refractivity contribution in [2.75, 3.05) is 18.3 Å². The fraction of sp³-hybridized carbons (Fsp3) is 0.227. The standard InChI is InChI=1S/C22H22N2O6S2/c1-14-9-10-17(32(4,27)28)11-18(14)21(26)30-12-16-13-31-22(23-16)24(15(2)25)19-7-5-6-8-20(19)29-3/h5-11,13H,12H2,1-4H3. The summed E-state index contributed by atoms with van der Waals surface area (Å²) >= 11 is 1.22. The number of esters is 1. The molecule has 1 amide bonds. The van der Waals surface area contributed by atoms with Crippen LogP contribution in [0.15, 0.2) is 52.7 Å². The summed E-state index contributed by atoms with van der Waals surface area (Å²) in [6, 6.07) is 11.4. The maximum atomic E-state index is 12.5. The maximum absolute atomic E-state index is 12.5. The Morgan fingerprint density at radius 2 is 1.88 bits per heavy atom. The van der Waals surface area contributed by atoms with Gasteiger partial charge in [-0.2, -0.15) is 0 Å². The Hall–Kier alpha value is -3.24. The minimum absolute atomic E-state index is 0.0416. The van der Waals surface area contributed by atoms with E-state index < -0.39 is 15.8 Å². The zero-order chi connectivity index (χ0) is 23.5. The molecular weight excluding hydrogens is 452 g/mol. The number of hydrogen-bond donors (Lipinski definition) is 0. The number of ether oxygens (including phenoxy) is 2. The first-order valence-corrected chi connectivity index (χ1v) is 12.2. The second-order valence-corrected chi connectivity index (χ2v) is 9.83. The van der Waals surface area contributed by atoms with Crippen LogP contribution in [0.25, 0.3) is 0 Å². The molecule has 0 radical (unpaired) electrons. The van der Waals surface area contributed by atoms with Crippen LogP contribution in [0.5, 0.6) is 5.75 Å². The Morgan fingerprint density at radius 3 is 2.53 bits per heavy atom. The molecule has 168 valence electrons. The number of sulfone groups is 1. The van der Waals surface area contributed by atoms with Crippen molar-refractivity contribution in [2.45, 2.75) is 25.3 Å². The molecule has 0 saturated heterocycles. The van der Waals surface area contributed by atoms with Crippen LogP contribution in [-0.2, 0) is 26.0 Å². The van der Waals surface area contributed by atoms with Crippen LogP contribution >= 0.6 is 11.3 Å². The quantitative estimate of drug-likeness (QED) is 0.478. The number of thiazole rings is 1. The van der Waals surface area contributed by atoms with Crippen molar-refractivity contribution in [3.63, 3.8) is 0 Å². The molecule has 0 aliphatic carbocycles. The fourth-order valence-corrected chi connectivity index (χ4v) is 4.47. The van der Waals surface area contributed by atoms with E-state index >= 15 is 0 Å². The first-order chi connectivity index (χ1) is 15.1. The first-order valence-electron chi connectivity index (χ1n) is 9.47. The summed E-state index contributed by atoms with van der Waals surface area (Å²) in [5, 5.41) is 2.09. The number of carbonyl (C=O) groups excluding carboxylic acids is 2. The van der Waals surface area contributed by atoms with E-state index in [1.54, 1.807) is 42.6 Å². The third kappa shape index (κ3) is 5.14. The molecule has 8 nitrogen and oxygen atoms in total. The summed E-state index contributed by atoms with van der Waals surface area (Å²) in [5.41, 5.74) is 1.77. The smallest absolute Gasteiger partial charge is 0.338 e. The van der Waals surface area contributed by atoms with Gasteiger partial charge >= 0.3 is 5.97 Å². The molecule has 0 saturated carbocycles. The number of aromatic nitrogens is 1. The molecular formula is C22H22N2O6S2. The third-order valence-corrected chi connectivity index (χ3v) is 6.56. The van der Waals surface area contributed by atoms with Gasteiger partial charge in [-0.05, 0) is 36.8 Å². The van der Waals surface area contributed by atoms with Gasteiger partial charge in [-0.25, -0.2) is 18.2 Å². The number of nitrogens with zero attached hydrogens (tertiary/aromatic N) is 2. The Bertz CT molecular complexity index is 1270. The molecule has 3 rings (SSSR count). The SMILES string of the molecule is COc1ccccc1N(C(C)=O)c1nc(COC(=O)c2cc(S(C)(=O)=O)ccc2C)cs1. The number of para-hydroxylation sites is 2. The van der Waals surface area contributed by atoms with Gasteiger partial charge in [0, 0.05) is 18.6 Å². The number of amides is 1. The second-order valence-electron chi connectivity index (χ2n) is 6.97. The van der Waals surface area contributed by atoms with Crippen LogP contribution in [0.3, 0.4) is 0 Å².